The number of nitrogens with zero attached hydrogens (tertiary/aromatic N) is 11. The van der Waals surface area contributed by atoms with Crippen molar-refractivity contribution < 1.29 is 53.4 Å². The number of aliphatic hydroxyl groups is 1. The lowest BCUT2D eigenvalue weighted by Gasteiger charge is -2.36. The Kier molecular flexibility index (Phi) is 33.0. The van der Waals surface area contributed by atoms with Crippen LogP contribution in [-0.4, -0.2) is 249 Å². The number of halogens is 6. The predicted octanol–water partition coefficient (Wildman–Crippen LogP) is 11.4. The largest absolute Gasteiger partial charge is 0.498 e. The summed E-state index contributed by atoms with van der Waals surface area (Å²) in [6, 6.07) is 5.59. The van der Waals surface area contributed by atoms with Crippen LogP contribution in [-0.2, 0) is 41.1 Å². The van der Waals surface area contributed by atoms with E-state index in [0.29, 0.717) is 80.8 Å². The Morgan fingerprint density at radius 3 is 1.41 bits per heavy atom. The monoisotopic (exact) mass is 1390 g/mol. The molecule has 27 heteroatoms. The lowest BCUT2D eigenvalue weighted by molar-refractivity contribution is 0.00578. The number of hydrogen-bond donors (Lipinski definition) is 1. The number of hydrogen-bond acceptors (Lipinski definition) is 16. The third kappa shape index (κ3) is 28.5. The number of aliphatic hydroxyl groups excluding tert-OH is 1. The topological polar surface area (TPSA) is 169 Å². The highest BCUT2D eigenvalue weighted by Crippen LogP contribution is 2.38. The Labute approximate surface area is 566 Å². The highest BCUT2D eigenvalue weighted by molar-refractivity contribution is 7.86. The van der Waals surface area contributed by atoms with E-state index in [1.807, 2.05) is 52.5 Å². The number of fused-ring (bicyclic) bond motifs is 1. The van der Waals surface area contributed by atoms with Crippen molar-refractivity contribution in [1.82, 2.24) is 54.0 Å². The third-order valence-electron chi connectivity index (χ3n) is 19.4. The zero-order valence-electron chi connectivity index (χ0n) is 58.3. The molecule has 4 aromatic rings. The minimum atomic E-state index is -3.31. The van der Waals surface area contributed by atoms with Gasteiger partial charge in [-0.3, -0.25) is 18.5 Å². The Morgan fingerprint density at radius 1 is 0.585 bits per heavy atom. The fraction of sp³-hybridized carbons (Fsp3) is 0.791. The van der Waals surface area contributed by atoms with Crippen molar-refractivity contribution in [3.05, 3.63) is 54.3 Å². The van der Waals surface area contributed by atoms with E-state index in [0.717, 1.165) is 177 Å². The fourth-order valence-electron chi connectivity index (χ4n) is 11.5. The zero-order chi connectivity index (χ0) is 68.5. The second kappa shape index (κ2) is 38.9. The predicted molar refractivity (Wildman–Crippen MR) is 371 cm³/mol. The Balaban J connectivity index is 0.000000192. The Morgan fingerprint density at radius 2 is 0.989 bits per heavy atom. The van der Waals surface area contributed by atoms with Crippen molar-refractivity contribution in [1.29, 1.82) is 0 Å². The van der Waals surface area contributed by atoms with Gasteiger partial charge < -0.3 is 43.3 Å². The van der Waals surface area contributed by atoms with Crippen LogP contribution in [0.15, 0.2) is 49.2 Å². The Bertz CT molecular complexity index is 2860. The molecule has 0 bridgehead atoms. The average molecular weight is 1390 g/mol. The van der Waals surface area contributed by atoms with Gasteiger partial charge in [-0.1, -0.05) is 32.4 Å². The third-order valence-corrected chi connectivity index (χ3v) is 24.7. The summed E-state index contributed by atoms with van der Waals surface area (Å²) >= 11 is 5.97. The van der Waals surface area contributed by atoms with Gasteiger partial charge in [0.25, 0.3) is 10.1 Å². The first-order chi connectivity index (χ1) is 44.5. The molecule has 0 aliphatic carbocycles. The van der Waals surface area contributed by atoms with E-state index >= 15 is 0 Å². The number of aryl methyl sites for hydroxylation is 2. The van der Waals surface area contributed by atoms with Crippen LogP contribution in [0.2, 0.25) is 23.3 Å². The first-order valence-corrected chi connectivity index (χ1v) is 39.8. The van der Waals surface area contributed by atoms with E-state index in [2.05, 4.69) is 110 Å². The SMILES string of the molecule is CC(C)(C)[Si](C)(C)OCCCN1CCC(F)CC1.CC1(C)OB(c2cnn(CCCN3CCC(F)CC3)c2)OC1(C)C.CS(=O)(=O)OCCCN1CCC(F)CC1.FC1CCN(CCCn2cc(-c3cnc4ccc(Cl)nc4c3)cn2)CC1.OCCCN1CCC(F)CC1. The van der Waals surface area contributed by atoms with E-state index in [4.69, 9.17) is 30.4 Å². The van der Waals surface area contributed by atoms with Gasteiger partial charge in [-0.05, 0) is 173 Å². The van der Waals surface area contributed by atoms with Crippen LogP contribution in [0.3, 0.4) is 0 Å². The lowest BCUT2D eigenvalue weighted by Crippen LogP contribution is -2.41. The van der Waals surface area contributed by atoms with Crippen molar-refractivity contribution in [3.63, 3.8) is 0 Å². The highest BCUT2D eigenvalue weighted by atomic mass is 35.5. The van der Waals surface area contributed by atoms with Gasteiger partial charge in [0, 0.05) is 153 Å². The summed E-state index contributed by atoms with van der Waals surface area (Å²) < 4.78 is 113. The fourth-order valence-corrected chi connectivity index (χ4v) is 13.2. The molecule has 6 aliphatic heterocycles. The molecule has 0 aromatic carbocycles. The molecule has 4 aromatic heterocycles. The van der Waals surface area contributed by atoms with Gasteiger partial charge in [-0.2, -0.15) is 18.6 Å². The van der Waals surface area contributed by atoms with Crippen LogP contribution < -0.4 is 5.46 Å². The van der Waals surface area contributed by atoms with Crippen LogP contribution in [0.25, 0.3) is 22.2 Å². The number of piperidine rings is 5. The molecule has 0 unspecified atom stereocenters. The van der Waals surface area contributed by atoms with Crippen molar-refractivity contribution >= 4 is 53.7 Å². The first kappa shape index (κ1) is 79.7. The van der Waals surface area contributed by atoms with Gasteiger partial charge in [0.15, 0.2) is 8.32 Å². The smallest absolute Gasteiger partial charge is 0.417 e. The van der Waals surface area contributed by atoms with E-state index < -0.39 is 49.3 Å². The maximum Gasteiger partial charge on any atom is 0.498 e. The number of likely N-dealkylation sites (tertiary alicyclic amines) is 5. The molecule has 94 heavy (non-hydrogen) atoms. The molecule has 1 N–H and O–H groups in total. The number of rotatable bonds is 23. The number of pyridine rings is 2. The van der Waals surface area contributed by atoms with Gasteiger partial charge >= 0.3 is 7.12 Å². The summed E-state index contributed by atoms with van der Waals surface area (Å²) in [7, 11) is -5.25. The number of alkyl halides is 5. The summed E-state index contributed by atoms with van der Waals surface area (Å²) in [6.07, 6.45) is 18.8. The van der Waals surface area contributed by atoms with Crippen molar-refractivity contribution in [2.24, 2.45) is 0 Å². The minimum Gasteiger partial charge on any atom is -0.417 e. The lowest BCUT2D eigenvalue weighted by atomic mass is 9.82. The van der Waals surface area contributed by atoms with Gasteiger partial charge in [0.2, 0.25) is 0 Å². The highest BCUT2D eigenvalue weighted by Gasteiger charge is 2.52. The van der Waals surface area contributed by atoms with Crippen LogP contribution in [0.5, 0.6) is 0 Å². The molecule has 10 rings (SSSR count). The number of aromatic nitrogens is 6. The quantitative estimate of drug-likeness (QED) is 0.0244. The van der Waals surface area contributed by atoms with E-state index in [-0.39, 0.29) is 31.5 Å². The Hall–Kier alpha value is -3.25. The van der Waals surface area contributed by atoms with Crippen LogP contribution in [0.1, 0.15) is 145 Å². The second-order valence-corrected chi connectivity index (χ2v) is 35.6. The molecule has 0 radical (unpaired) electrons. The molecular formula is C67H114BClF5N11O7SSi. The molecule has 6 fully saturated rings. The van der Waals surface area contributed by atoms with Crippen molar-refractivity contribution in [2.75, 3.05) is 124 Å². The standard InChI is InChI=1S/C19H21ClFN5.C17H29BFN3O2.C14H30FNOSi.C9H18FNO3S.C8H16FNO/c20-19-3-2-17-18(24-19)10-14(11-22-17)15-12-23-26(13-15)7-1-6-25-8-4-16(21)5-9-25;1-16(2)17(3,4)24-18(23-16)14-12-20-22(13-14)9-5-8-21-10-6-15(19)7-11-21;1-14(2,3)18(4,5)17-12-6-9-16-10-7-13(15)8-11-16;1-15(12,13)14-8-2-5-11-6-3-9(10)4-7-11;9-8-2-5-10(6-3-8)4-1-7-11/h2-3,10-13,16H,1,4-9H2;12-13,15H,5-11H2,1-4H3;13H,6-12H2,1-5H3;9H,2-8H2,1H3;8,11H,1-7H2. The molecule has 0 amide bonds. The maximum atomic E-state index is 13.2. The second-order valence-electron chi connectivity index (χ2n) is 28.7. The molecular weight excluding hydrogens is 1270 g/mol. The van der Waals surface area contributed by atoms with E-state index in [1.165, 1.54) is 0 Å². The van der Waals surface area contributed by atoms with Gasteiger partial charge in [-0.25, -0.2) is 26.9 Å². The molecule has 10 heterocycles. The van der Waals surface area contributed by atoms with Gasteiger partial charge in [0.05, 0.1) is 41.3 Å². The molecule has 0 spiro atoms. The summed E-state index contributed by atoms with van der Waals surface area (Å²) in [5.41, 5.74) is 3.89. The molecule has 6 saturated heterocycles. The van der Waals surface area contributed by atoms with Crippen LogP contribution in [0.4, 0.5) is 22.0 Å². The summed E-state index contributed by atoms with van der Waals surface area (Å²) in [5.74, 6) is 0. The molecule has 18 nitrogen and oxygen atoms in total. The molecule has 0 atom stereocenters. The zero-order valence-corrected chi connectivity index (χ0v) is 60.9. The molecule has 0 saturated carbocycles. The normalized spacial score (nSPS) is 20.6. The van der Waals surface area contributed by atoms with Crippen LogP contribution in [0, 0.1) is 0 Å². The van der Waals surface area contributed by atoms with E-state index in [9.17, 15) is 30.4 Å². The van der Waals surface area contributed by atoms with E-state index in [1.54, 1.807) is 6.07 Å². The average Bonchev–Trinajstić information content (AvgIpc) is 1.62. The maximum absolute atomic E-state index is 13.2. The van der Waals surface area contributed by atoms with Gasteiger partial charge in [0.1, 0.15) is 36.0 Å². The summed E-state index contributed by atoms with van der Waals surface area (Å²) in [6.45, 7) is 35.9. The van der Waals surface area contributed by atoms with Crippen LogP contribution >= 0.6 is 11.6 Å². The first-order valence-electron chi connectivity index (χ1n) is 34.7. The van der Waals surface area contributed by atoms with Gasteiger partial charge in [-0.15, -0.1) is 0 Å². The summed E-state index contributed by atoms with van der Waals surface area (Å²) in [5, 5.41) is 18.2. The summed E-state index contributed by atoms with van der Waals surface area (Å²) in [4.78, 5) is 20.2. The molecule has 534 valence electrons. The minimum absolute atomic E-state index is 0.217. The van der Waals surface area contributed by atoms with Crippen molar-refractivity contribution in [2.45, 2.75) is 218 Å². The molecule has 6 aliphatic rings. The van der Waals surface area contributed by atoms with Crippen molar-refractivity contribution in [3.8, 4) is 11.1 Å².